The minimum atomic E-state index is -1.14. The molecule has 1 aromatic rings. The number of carboxylic acid groups (broad SMARTS) is 1. The molecule has 1 fully saturated rings. The Labute approximate surface area is 186 Å². The third kappa shape index (κ3) is 3.81. The highest BCUT2D eigenvalue weighted by Gasteiger charge is 2.36. The number of aliphatic carboxylic acids is 1. The maximum Gasteiger partial charge on any atom is 0.339 e. The molecule has 0 aromatic heterocycles. The molecule has 0 bridgehead atoms. The van der Waals surface area contributed by atoms with Gasteiger partial charge in [-0.1, -0.05) is 42.3 Å². The number of hydrogen-bond donors (Lipinski definition) is 1. The molecule has 4 rings (SSSR count). The highest BCUT2D eigenvalue weighted by molar-refractivity contribution is 6.36. The van der Waals surface area contributed by atoms with Crippen LogP contribution < -0.4 is 0 Å². The second-order valence-corrected chi connectivity index (χ2v) is 9.09. The van der Waals surface area contributed by atoms with Crippen molar-refractivity contribution in [3.63, 3.8) is 0 Å². The van der Waals surface area contributed by atoms with Crippen LogP contribution in [-0.2, 0) is 16.0 Å². The number of hydrogen-bond acceptors (Lipinski definition) is 2. The summed E-state index contributed by atoms with van der Waals surface area (Å²) in [5.41, 5.74) is 6.02. The summed E-state index contributed by atoms with van der Waals surface area (Å²) in [5.74, 6) is -1.12. The van der Waals surface area contributed by atoms with Gasteiger partial charge in [-0.2, -0.15) is 0 Å². The minimum Gasteiger partial charge on any atom is -0.478 e. The van der Waals surface area contributed by atoms with Crippen molar-refractivity contribution in [2.75, 3.05) is 0 Å². The van der Waals surface area contributed by atoms with E-state index >= 15 is 0 Å². The van der Waals surface area contributed by atoms with Crippen LogP contribution in [0.1, 0.15) is 50.7 Å². The number of allylic oxidation sites excluding steroid dienone is 7. The summed E-state index contributed by atoms with van der Waals surface area (Å²) in [5, 5.41) is 10.9. The van der Waals surface area contributed by atoms with Crippen LogP contribution in [-0.4, -0.2) is 16.9 Å². The summed E-state index contributed by atoms with van der Waals surface area (Å²) in [6.07, 6.45) is 9.54. The Hall–Kier alpha value is -2.10. The summed E-state index contributed by atoms with van der Waals surface area (Å²) >= 11 is 13.0. The van der Waals surface area contributed by atoms with Crippen molar-refractivity contribution in [1.82, 2.24) is 0 Å². The van der Waals surface area contributed by atoms with E-state index in [1.165, 1.54) is 0 Å². The van der Waals surface area contributed by atoms with Gasteiger partial charge in [-0.15, -0.1) is 0 Å². The summed E-state index contributed by atoms with van der Waals surface area (Å²) < 4.78 is 0. The smallest absolute Gasteiger partial charge is 0.339 e. The van der Waals surface area contributed by atoms with E-state index in [4.69, 9.17) is 23.2 Å². The lowest BCUT2D eigenvalue weighted by atomic mass is 9.83. The van der Waals surface area contributed by atoms with Gasteiger partial charge in [0.1, 0.15) is 5.57 Å². The van der Waals surface area contributed by atoms with E-state index in [1.807, 2.05) is 19.1 Å². The van der Waals surface area contributed by atoms with E-state index in [9.17, 15) is 14.7 Å². The fourth-order valence-electron chi connectivity index (χ4n) is 4.65. The average molecular weight is 443 g/mol. The molecule has 5 heteroatoms. The predicted molar refractivity (Wildman–Crippen MR) is 121 cm³/mol. The number of rotatable bonds is 4. The van der Waals surface area contributed by atoms with Gasteiger partial charge in [-0.05, 0) is 96.1 Å². The number of carbonyl (C=O) groups excluding carboxylic acids is 1. The fourth-order valence-corrected chi connectivity index (χ4v) is 5.41. The standard InChI is InChI=1S/C25H24Cl2O3/c1-3-17-21(26)9-16(10-22(17)27)18-6-4-5-15-11-23(28)20(25(29)30)12-19(14-7-8-14)24(15)13(18)2/h4,6,9-10,12,14-15H,3,5,7-8,11H2,1-2H3,(H,29,30). The van der Waals surface area contributed by atoms with E-state index in [-0.39, 0.29) is 23.7 Å². The summed E-state index contributed by atoms with van der Waals surface area (Å²) in [6.45, 7) is 4.09. The first-order valence-corrected chi connectivity index (χ1v) is 11.2. The van der Waals surface area contributed by atoms with Crippen LogP contribution >= 0.6 is 23.2 Å². The molecule has 1 atom stereocenters. The molecule has 1 aromatic carbocycles. The molecule has 1 unspecified atom stereocenters. The zero-order valence-corrected chi connectivity index (χ0v) is 18.6. The molecule has 30 heavy (non-hydrogen) atoms. The molecule has 0 radical (unpaired) electrons. The van der Waals surface area contributed by atoms with Gasteiger partial charge in [-0.25, -0.2) is 4.79 Å². The Morgan fingerprint density at radius 1 is 1.17 bits per heavy atom. The second kappa shape index (κ2) is 8.20. The van der Waals surface area contributed by atoms with Crippen molar-refractivity contribution in [2.45, 2.75) is 46.0 Å². The molecule has 3 aliphatic carbocycles. The van der Waals surface area contributed by atoms with Crippen LogP contribution in [0, 0.1) is 11.8 Å². The molecule has 1 N–H and O–H groups in total. The summed E-state index contributed by atoms with van der Waals surface area (Å²) in [6, 6.07) is 3.90. The lowest BCUT2D eigenvalue weighted by molar-refractivity contribution is -0.134. The number of carbonyl (C=O) groups is 2. The first-order chi connectivity index (χ1) is 14.3. The minimum absolute atomic E-state index is 0.0178. The normalized spacial score (nSPS) is 21.9. The van der Waals surface area contributed by atoms with E-state index < -0.39 is 5.97 Å². The molecule has 3 nitrogen and oxygen atoms in total. The van der Waals surface area contributed by atoms with Gasteiger partial charge in [0.25, 0.3) is 0 Å². The van der Waals surface area contributed by atoms with Crippen LogP contribution in [0.4, 0.5) is 0 Å². The highest BCUT2D eigenvalue weighted by atomic mass is 35.5. The Morgan fingerprint density at radius 3 is 2.40 bits per heavy atom. The number of halogens is 2. The topological polar surface area (TPSA) is 54.4 Å². The van der Waals surface area contributed by atoms with E-state index in [1.54, 1.807) is 6.08 Å². The molecular formula is C25H24Cl2O3. The maximum atomic E-state index is 12.7. The number of benzene rings is 1. The van der Waals surface area contributed by atoms with Gasteiger partial charge in [0.15, 0.2) is 5.78 Å². The van der Waals surface area contributed by atoms with Crippen molar-refractivity contribution in [2.24, 2.45) is 11.8 Å². The number of Topliss-reactive ketones (excluding diaryl/α,β-unsaturated/α-hetero) is 1. The second-order valence-electron chi connectivity index (χ2n) is 8.28. The lowest BCUT2D eigenvalue weighted by Crippen LogP contribution is -2.15. The van der Waals surface area contributed by atoms with E-state index in [2.05, 4.69) is 19.1 Å². The molecule has 0 saturated heterocycles. The van der Waals surface area contributed by atoms with Crippen molar-refractivity contribution < 1.29 is 14.7 Å². The van der Waals surface area contributed by atoms with Crippen molar-refractivity contribution in [1.29, 1.82) is 0 Å². The van der Waals surface area contributed by atoms with Crippen LogP contribution in [0.25, 0.3) is 5.57 Å². The van der Waals surface area contributed by atoms with Gasteiger partial charge in [0.2, 0.25) is 0 Å². The van der Waals surface area contributed by atoms with Gasteiger partial charge in [0, 0.05) is 16.5 Å². The number of fused-ring (bicyclic) bond motifs is 1. The maximum absolute atomic E-state index is 12.7. The molecule has 0 spiro atoms. The average Bonchev–Trinajstić information content (AvgIpc) is 3.51. The largest absolute Gasteiger partial charge is 0.478 e. The van der Waals surface area contributed by atoms with Crippen LogP contribution in [0.5, 0.6) is 0 Å². The van der Waals surface area contributed by atoms with Gasteiger partial charge in [0.05, 0.1) is 0 Å². The molecule has 3 aliphatic rings. The fraction of sp³-hybridized carbons (Fsp3) is 0.360. The molecule has 0 amide bonds. The first kappa shape index (κ1) is 21.1. The van der Waals surface area contributed by atoms with Crippen LogP contribution in [0.15, 0.2) is 52.7 Å². The van der Waals surface area contributed by atoms with Gasteiger partial charge in [-0.3, -0.25) is 4.79 Å². The Balaban J connectivity index is 1.93. The Kier molecular flexibility index (Phi) is 5.78. The van der Waals surface area contributed by atoms with Crippen LogP contribution in [0.2, 0.25) is 10.0 Å². The van der Waals surface area contributed by atoms with Crippen molar-refractivity contribution >= 4 is 40.5 Å². The molecule has 1 saturated carbocycles. The Bertz CT molecular complexity index is 1040. The number of ketones is 1. The summed E-state index contributed by atoms with van der Waals surface area (Å²) in [7, 11) is 0. The van der Waals surface area contributed by atoms with E-state index in [0.29, 0.717) is 22.4 Å². The lowest BCUT2D eigenvalue weighted by Gasteiger charge is -2.21. The third-order valence-corrected chi connectivity index (χ3v) is 6.99. The zero-order valence-electron chi connectivity index (χ0n) is 17.1. The summed E-state index contributed by atoms with van der Waals surface area (Å²) in [4.78, 5) is 24.4. The molecular weight excluding hydrogens is 419 g/mol. The van der Waals surface area contributed by atoms with Crippen molar-refractivity contribution in [3.8, 4) is 0 Å². The number of carboxylic acids is 1. The van der Waals surface area contributed by atoms with Crippen LogP contribution in [0.3, 0.4) is 0 Å². The molecule has 156 valence electrons. The predicted octanol–water partition coefficient (Wildman–Crippen LogP) is 6.60. The van der Waals surface area contributed by atoms with E-state index in [0.717, 1.165) is 52.7 Å². The zero-order chi connectivity index (χ0) is 21.6. The highest BCUT2D eigenvalue weighted by Crippen LogP contribution is 2.47. The first-order valence-electron chi connectivity index (χ1n) is 10.4. The van der Waals surface area contributed by atoms with Gasteiger partial charge < -0.3 is 5.11 Å². The van der Waals surface area contributed by atoms with Crippen molar-refractivity contribution in [3.05, 3.63) is 73.8 Å². The molecule has 0 heterocycles. The SMILES string of the molecule is CCc1c(Cl)cc(C2=C(C)C3=C(C4CC4)C=C(C(=O)O)C(=O)CC3CC=C2)cc1Cl. The quantitative estimate of drug-likeness (QED) is 0.534. The Morgan fingerprint density at radius 2 is 1.83 bits per heavy atom. The monoisotopic (exact) mass is 442 g/mol. The van der Waals surface area contributed by atoms with Gasteiger partial charge >= 0.3 is 5.97 Å². The third-order valence-electron chi connectivity index (χ3n) is 6.32. The molecule has 0 aliphatic heterocycles.